The van der Waals surface area contributed by atoms with Gasteiger partial charge in [0.25, 0.3) is 5.91 Å². The minimum atomic E-state index is -0.672. The Labute approximate surface area is 196 Å². The monoisotopic (exact) mass is 456 g/mol. The second-order valence-electron chi connectivity index (χ2n) is 10.1. The van der Waals surface area contributed by atoms with Crippen molar-refractivity contribution in [2.24, 2.45) is 11.8 Å². The zero-order valence-electron chi connectivity index (χ0n) is 20.1. The van der Waals surface area contributed by atoms with E-state index in [4.69, 9.17) is 4.74 Å². The van der Waals surface area contributed by atoms with E-state index in [9.17, 15) is 14.4 Å². The first-order chi connectivity index (χ1) is 15.7. The first-order valence-electron chi connectivity index (χ1n) is 12.0. The molecule has 3 aliphatic heterocycles. The first-order valence-corrected chi connectivity index (χ1v) is 12.0. The highest BCUT2D eigenvalue weighted by Gasteiger charge is 2.51. The third-order valence-corrected chi connectivity index (χ3v) is 7.03. The summed E-state index contributed by atoms with van der Waals surface area (Å²) >= 11 is 0. The van der Waals surface area contributed by atoms with Gasteiger partial charge in [-0.25, -0.2) is 0 Å². The summed E-state index contributed by atoms with van der Waals surface area (Å²) in [4.78, 5) is 45.1. The molecule has 8 heteroatoms. The second kappa shape index (κ2) is 9.81. The number of carbonyl (C=O) groups excluding carboxylic acids is 3. The molecular formula is C25H36N4O4. The summed E-state index contributed by atoms with van der Waals surface area (Å²) in [6.45, 7) is 10.6. The number of Topliss-reactive ketones (excluding diaryl/α,β-unsaturated/α-hetero) is 1. The lowest BCUT2D eigenvalue weighted by Gasteiger charge is -2.34. The van der Waals surface area contributed by atoms with Crippen LogP contribution in [0.4, 0.5) is 5.69 Å². The number of anilines is 1. The number of amides is 2. The molecule has 2 amide bonds. The van der Waals surface area contributed by atoms with Gasteiger partial charge in [-0.1, -0.05) is 20.8 Å². The number of carbonyl (C=O) groups is 3. The third-order valence-electron chi connectivity index (χ3n) is 7.03. The third kappa shape index (κ3) is 5.06. The summed E-state index contributed by atoms with van der Waals surface area (Å²) in [5, 5.41) is 2.95. The van der Waals surface area contributed by atoms with Gasteiger partial charge in [0.15, 0.2) is 5.78 Å². The van der Waals surface area contributed by atoms with E-state index in [1.54, 1.807) is 4.90 Å². The summed E-state index contributed by atoms with van der Waals surface area (Å²) in [5.74, 6) is -0.194. The highest BCUT2D eigenvalue weighted by atomic mass is 16.5. The van der Waals surface area contributed by atoms with Gasteiger partial charge in [-0.3, -0.25) is 14.4 Å². The number of hydrogen-bond acceptors (Lipinski definition) is 6. The molecule has 3 saturated heterocycles. The number of nitrogens with one attached hydrogen (secondary N) is 1. The minimum absolute atomic E-state index is 0.0492. The molecule has 3 fully saturated rings. The predicted molar refractivity (Wildman–Crippen MR) is 126 cm³/mol. The molecule has 8 nitrogen and oxygen atoms in total. The molecule has 0 radical (unpaired) electrons. The number of benzene rings is 1. The van der Waals surface area contributed by atoms with Gasteiger partial charge >= 0.3 is 0 Å². The fourth-order valence-electron chi connectivity index (χ4n) is 5.14. The molecule has 4 atom stereocenters. The molecule has 0 aliphatic carbocycles. The molecule has 0 bridgehead atoms. The number of ketones is 1. The van der Waals surface area contributed by atoms with Crippen LogP contribution in [0, 0.1) is 11.8 Å². The highest BCUT2D eigenvalue weighted by Crippen LogP contribution is 2.32. The van der Waals surface area contributed by atoms with Crippen LogP contribution in [0.15, 0.2) is 24.3 Å². The summed E-state index contributed by atoms with van der Waals surface area (Å²) in [6, 6.07) is 6.39. The molecule has 4 rings (SSSR count). The zero-order valence-corrected chi connectivity index (χ0v) is 20.1. The maximum absolute atomic E-state index is 13.5. The van der Waals surface area contributed by atoms with Crippen LogP contribution in [0.25, 0.3) is 0 Å². The van der Waals surface area contributed by atoms with Crippen LogP contribution in [0.3, 0.4) is 0 Å². The number of piperazine rings is 1. The van der Waals surface area contributed by atoms with Crippen LogP contribution < -0.4 is 10.2 Å². The normalized spacial score (nSPS) is 26.6. The van der Waals surface area contributed by atoms with Gasteiger partial charge in [0.05, 0.1) is 6.10 Å². The van der Waals surface area contributed by atoms with Crippen molar-refractivity contribution in [3.8, 4) is 0 Å². The number of nitrogens with zero attached hydrogens (tertiary/aromatic N) is 3. The van der Waals surface area contributed by atoms with Crippen molar-refractivity contribution in [1.29, 1.82) is 0 Å². The number of fused-ring (bicyclic) bond motifs is 1. The number of likely N-dealkylation sites (N-methyl/N-ethyl adjacent to an activating group) is 1. The fraction of sp³-hybridized carbons (Fsp3) is 0.640. The number of hydrogen-bond donors (Lipinski definition) is 1. The molecule has 180 valence electrons. The molecule has 0 saturated carbocycles. The van der Waals surface area contributed by atoms with E-state index >= 15 is 0 Å². The minimum Gasteiger partial charge on any atom is -0.369 e. The van der Waals surface area contributed by atoms with Gasteiger partial charge in [0.1, 0.15) is 18.7 Å². The fourth-order valence-corrected chi connectivity index (χ4v) is 5.14. The van der Waals surface area contributed by atoms with Crippen LogP contribution in [-0.4, -0.2) is 92.0 Å². The summed E-state index contributed by atoms with van der Waals surface area (Å²) in [7, 11) is 2.12. The molecule has 3 heterocycles. The van der Waals surface area contributed by atoms with Crippen LogP contribution in [-0.2, 0) is 14.3 Å². The predicted octanol–water partition coefficient (Wildman–Crippen LogP) is 1.40. The van der Waals surface area contributed by atoms with E-state index in [2.05, 4.69) is 22.2 Å². The average molecular weight is 457 g/mol. The molecular weight excluding hydrogens is 420 g/mol. The van der Waals surface area contributed by atoms with Crippen molar-refractivity contribution in [2.45, 2.75) is 45.4 Å². The first kappa shape index (κ1) is 23.7. The lowest BCUT2D eigenvalue weighted by molar-refractivity contribution is -0.138. The van der Waals surface area contributed by atoms with E-state index in [1.807, 2.05) is 45.0 Å². The van der Waals surface area contributed by atoms with Crippen molar-refractivity contribution in [2.75, 3.05) is 51.3 Å². The van der Waals surface area contributed by atoms with Gasteiger partial charge in [0, 0.05) is 49.9 Å². The summed E-state index contributed by atoms with van der Waals surface area (Å²) in [5.41, 5.74) is 1.63. The Morgan fingerprint density at radius 3 is 2.42 bits per heavy atom. The van der Waals surface area contributed by atoms with Crippen LogP contribution in [0.5, 0.6) is 0 Å². The summed E-state index contributed by atoms with van der Waals surface area (Å²) < 4.78 is 5.62. The highest BCUT2D eigenvalue weighted by molar-refractivity contribution is 5.99. The molecule has 3 aliphatic rings. The molecule has 0 spiro atoms. The molecule has 1 aromatic carbocycles. The zero-order chi connectivity index (χ0) is 23.7. The van der Waals surface area contributed by atoms with Crippen molar-refractivity contribution in [3.63, 3.8) is 0 Å². The molecule has 1 unspecified atom stereocenters. The Morgan fingerprint density at radius 2 is 1.79 bits per heavy atom. The molecule has 1 aromatic rings. The smallest absolute Gasteiger partial charge is 0.251 e. The number of ether oxygens (including phenoxy) is 1. The topological polar surface area (TPSA) is 82.2 Å². The maximum Gasteiger partial charge on any atom is 0.251 e. The van der Waals surface area contributed by atoms with Gasteiger partial charge < -0.3 is 24.8 Å². The van der Waals surface area contributed by atoms with Crippen molar-refractivity contribution in [1.82, 2.24) is 15.1 Å². The molecule has 0 aromatic heterocycles. The number of likely N-dealkylation sites (tertiary alicyclic amines) is 1. The van der Waals surface area contributed by atoms with Crippen LogP contribution in [0.2, 0.25) is 0 Å². The SMILES string of the molecule is CC(C)CC(NC(=O)c1ccc(N2CCN(C)CC2)cc1)C(=O)N1C[C@H](C)[C@H]2OCC(=O)[C@H]21. The Balaban J connectivity index is 1.44. The summed E-state index contributed by atoms with van der Waals surface area (Å²) in [6.07, 6.45) is 0.278. The van der Waals surface area contributed by atoms with E-state index in [0.29, 0.717) is 18.5 Å². The van der Waals surface area contributed by atoms with Crippen molar-refractivity contribution in [3.05, 3.63) is 29.8 Å². The van der Waals surface area contributed by atoms with Crippen molar-refractivity contribution < 1.29 is 19.1 Å². The van der Waals surface area contributed by atoms with Crippen LogP contribution in [0.1, 0.15) is 37.6 Å². The lowest BCUT2D eigenvalue weighted by atomic mass is 10.0. The number of rotatable bonds is 6. The van der Waals surface area contributed by atoms with Gasteiger partial charge in [-0.2, -0.15) is 0 Å². The van der Waals surface area contributed by atoms with Gasteiger partial charge in [0.2, 0.25) is 5.91 Å². The molecule has 33 heavy (non-hydrogen) atoms. The largest absolute Gasteiger partial charge is 0.369 e. The molecule has 1 N–H and O–H groups in total. The second-order valence-corrected chi connectivity index (χ2v) is 10.1. The average Bonchev–Trinajstić information content (AvgIpc) is 3.33. The lowest BCUT2D eigenvalue weighted by Crippen LogP contribution is -2.52. The van der Waals surface area contributed by atoms with E-state index in [-0.39, 0.29) is 42.1 Å². The Bertz CT molecular complexity index is 879. The van der Waals surface area contributed by atoms with E-state index < -0.39 is 12.1 Å². The van der Waals surface area contributed by atoms with Gasteiger partial charge in [-0.15, -0.1) is 0 Å². The quantitative estimate of drug-likeness (QED) is 0.697. The maximum atomic E-state index is 13.5. The van der Waals surface area contributed by atoms with E-state index in [0.717, 1.165) is 31.9 Å². The van der Waals surface area contributed by atoms with Gasteiger partial charge in [-0.05, 0) is 43.7 Å². The Morgan fingerprint density at radius 1 is 1.12 bits per heavy atom. The Hall–Kier alpha value is -2.45. The Kier molecular flexibility index (Phi) is 7.05. The van der Waals surface area contributed by atoms with Crippen molar-refractivity contribution >= 4 is 23.3 Å². The standard InChI is InChI=1S/C25H36N4O4/c1-16(2)13-20(25(32)29-14-17(3)23-22(29)21(30)15-33-23)26-24(31)18-5-7-19(8-6-18)28-11-9-27(4)10-12-28/h5-8,16-17,20,22-23H,9-15H2,1-4H3,(H,26,31)/t17-,20?,22+,23+/m0/s1. The van der Waals surface area contributed by atoms with Crippen LogP contribution >= 0.6 is 0 Å². The van der Waals surface area contributed by atoms with E-state index in [1.165, 1.54) is 0 Å².